The van der Waals surface area contributed by atoms with Crippen molar-refractivity contribution in [3.8, 4) is 5.75 Å². The minimum atomic E-state index is -0.815. The van der Waals surface area contributed by atoms with Gasteiger partial charge in [0.2, 0.25) is 5.91 Å². The van der Waals surface area contributed by atoms with Gasteiger partial charge in [-0.1, -0.05) is 41.9 Å². The summed E-state index contributed by atoms with van der Waals surface area (Å²) in [6.45, 7) is 1.84. The lowest BCUT2D eigenvalue weighted by Crippen LogP contribution is -2.48. The average molecular weight is 408 g/mol. The average Bonchev–Trinajstić information content (AvgIpc) is 2.71. The molecule has 3 N–H and O–H groups in total. The van der Waals surface area contributed by atoms with Crippen LogP contribution in [0.4, 0.5) is 0 Å². The number of nitrogens with zero attached hydrogens (tertiary/aromatic N) is 2. The Morgan fingerprint density at radius 1 is 1.29 bits per heavy atom. The van der Waals surface area contributed by atoms with E-state index in [2.05, 4.69) is 4.98 Å². The van der Waals surface area contributed by atoms with Crippen LogP contribution in [0.3, 0.4) is 0 Å². The Morgan fingerprint density at radius 3 is 2.57 bits per heavy atom. The van der Waals surface area contributed by atoms with Gasteiger partial charge < -0.3 is 25.2 Å². The van der Waals surface area contributed by atoms with Gasteiger partial charge in [-0.3, -0.25) is 4.79 Å². The molecular weight excluding hydrogens is 382 g/mol. The SMILES string of the molecule is COCOc1ccc(C[C@@H](N)C(=O)N(C)[C@@H](C)[C@@H](O)c2ccccc2)nc1Cl. The summed E-state index contributed by atoms with van der Waals surface area (Å²) >= 11 is 6.09. The van der Waals surface area contributed by atoms with Crippen molar-refractivity contribution < 1.29 is 19.4 Å². The van der Waals surface area contributed by atoms with E-state index in [1.54, 1.807) is 26.1 Å². The van der Waals surface area contributed by atoms with Gasteiger partial charge in [-0.2, -0.15) is 0 Å². The largest absolute Gasteiger partial charge is 0.464 e. The summed E-state index contributed by atoms with van der Waals surface area (Å²) in [5, 5.41) is 10.7. The van der Waals surface area contributed by atoms with Crippen LogP contribution in [0.15, 0.2) is 42.5 Å². The van der Waals surface area contributed by atoms with Crippen molar-refractivity contribution in [3.63, 3.8) is 0 Å². The first kappa shape index (κ1) is 22.1. The van der Waals surface area contributed by atoms with Gasteiger partial charge in [0.25, 0.3) is 0 Å². The third-order valence-electron chi connectivity index (χ3n) is 4.51. The van der Waals surface area contributed by atoms with E-state index in [0.717, 1.165) is 5.56 Å². The molecule has 0 saturated carbocycles. The van der Waals surface area contributed by atoms with Crippen LogP contribution in [-0.4, -0.2) is 53.9 Å². The Balaban J connectivity index is 2.00. The minimum Gasteiger partial charge on any atom is -0.464 e. The molecule has 0 unspecified atom stereocenters. The number of benzene rings is 1. The number of likely N-dealkylation sites (N-methyl/N-ethyl adjacent to an activating group) is 1. The van der Waals surface area contributed by atoms with E-state index < -0.39 is 18.2 Å². The highest BCUT2D eigenvalue weighted by Gasteiger charge is 2.27. The molecule has 0 saturated heterocycles. The van der Waals surface area contributed by atoms with Crippen molar-refractivity contribution in [1.29, 1.82) is 0 Å². The van der Waals surface area contributed by atoms with Crippen LogP contribution in [-0.2, 0) is 16.0 Å². The lowest BCUT2D eigenvalue weighted by molar-refractivity contribution is -0.135. The van der Waals surface area contributed by atoms with Gasteiger partial charge in [-0.25, -0.2) is 4.98 Å². The van der Waals surface area contributed by atoms with E-state index in [0.29, 0.717) is 11.4 Å². The number of nitrogens with two attached hydrogens (primary N) is 1. The number of ether oxygens (including phenoxy) is 2. The molecule has 3 atom stereocenters. The van der Waals surface area contributed by atoms with E-state index in [-0.39, 0.29) is 24.3 Å². The monoisotopic (exact) mass is 407 g/mol. The molecule has 2 aromatic rings. The lowest BCUT2D eigenvalue weighted by atomic mass is 10.0. The van der Waals surface area contributed by atoms with Crippen LogP contribution in [0.5, 0.6) is 5.75 Å². The van der Waals surface area contributed by atoms with Crippen molar-refractivity contribution >= 4 is 17.5 Å². The highest BCUT2D eigenvalue weighted by molar-refractivity contribution is 6.30. The predicted molar refractivity (Wildman–Crippen MR) is 107 cm³/mol. The molecule has 8 heteroatoms. The van der Waals surface area contributed by atoms with Crippen molar-refractivity contribution in [1.82, 2.24) is 9.88 Å². The number of pyridine rings is 1. The second-order valence-corrected chi connectivity index (χ2v) is 6.86. The maximum atomic E-state index is 12.7. The Bertz CT molecular complexity index is 775. The molecule has 0 aliphatic heterocycles. The van der Waals surface area contributed by atoms with E-state index in [1.165, 1.54) is 12.0 Å². The normalized spacial score (nSPS) is 14.2. The quantitative estimate of drug-likeness (QED) is 0.488. The molecule has 1 aromatic carbocycles. The van der Waals surface area contributed by atoms with E-state index in [1.807, 2.05) is 30.3 Å². The van der Waals surface area contributed by atoms with E-state index in [4.69, 9.17) is 26.8 Å². The third-order valence-corrected chi connectivity index (χ3v) is 4.78. The first-order valence-electron chi connectivity index (χ1n) is 8.87. The Labute approximate surface area is 170 Å². The van der Waals surface area contributed by atoms with Gasteiger partial charge in [-0.15, -0.1) is 0 Å². The Morgan fingerprint density at radius 2 is 1.96 bits per heavy atom. The maximum Gasteiger partial charge on any atom is 0.239 e. The minimum absolute atomic E-state index is 0.0607. The number of carbonyl (C=O) groups is 1. The fourth-order valence-corrected chi connectivity index (χ4v) is 2.94. The Hall–Kier alpha value is -2.19. The van der Waals surface area contributed by atoms with Crippen molar-refractivity contribution in [2.24, 2.45) is 5.73 Å². The number of aliphatic hydroxyl groups excluding tert-OH is 1. The number of rotatable bonds is 9. The molecule has 1 heterocycles. The zero-order valence-corrected chi connectivity index (χ0v) is 17.0. The smallest absolute Gasteiger partial charge is 0.239 e. The molecule has 28 heavy (non-hydrogen) atoms. The van der Waals surface area contributed by atoms with Crippen molar-refractivity contribution in [2.45, 2.75) is 31.5 Å². The van der Waals surface area contributed by atoms with Gasteiger partial charge >= 0.3 is 0 Å². The summed E-state index contributed by atoms with van der Waals surface area (Å²) < 4.78 is 10.1. The number of carbonyl (C=O) groups excluding carboxylic acids is 1. The molecule has 0 fully saturated rings. The topological polar surface area (TPSA) is 97.9 Å². The number of hydrogen-bond acceptors (Lipinski definition) is 6. The molecule has 2 rings (SSSR count). The summed E-state index contributed by atoms with van der Waals surface area (Å²) in [7, 11) is 3.13. The number of aliphatic hydroxyl groups is 1. The van der Waals surface area contributed by atoms with Crippen LogP contribution in [0, 0.1) is 0 Å². The molecule has 0 aliphatic carbocycles. The predicted octanol–water partition coefficient (Wildman–Crippen LogP) is 2.17. The van der Waals surface area contributed by atoms with Crippen molar-refractivity contribution in [3.05, 3.63) is 58.9 Å². The van der Waals surface area contributed by atoms with Gasteiger partial charge in [0.15, 0.2) is 17.7 Å². The zero-order chi connectivity index (χ0) is 20.7. The molecule has 0 bridgehead atoms. The van der Waals surface area contributed by atoms with E-state index in [9.17, 15) is 9.90 Å². The molecule has 152 valence electrons. The first-order valence-corrected chi connectivity index (χ1v) is 9.25. The summed E-state index contributed by atoms with van der Waals surface area (Å²) in [5.41, 5.74) is 7.40. The third kappa shape index (κ3) is 5.65. The second kappa shape index (κ2) is 10.4. The summed E-state index contributed by atoms with van der Waals surface area (Å²) in [5.74, 6) is 0.101. The maximum absolute atomic E-state index is 12.7. The first-order chi connectivity index (χ1) is 13.3. The number of methoxy groups -OCH3 is 1. The van der Waals surface area contributed by atoms with Gasteiger partial charge in [-0.05, 0) is 24.6 Å². The summed E-state index contributed by atoms with van der Waals surface area (Å²) in [6.07, 6.45) is -0.603. The highest BCUT2D eigenvalue weighted by Crippen LogP contribution is 2.23. The van der Waals surface area contributed by atoms with Gasteiger partial charge in [0.1, 0.15) is 0 Å². The summed E-state index contributed by atoms with van der Waals surface area (Å²) in [6, 6.07) is 11.3. The van der Waals surface area contributed by atoms with Crippen LogP contribution in [0.1, 0.15) is 24.3 Å². The number of amides is 1. The number of halogens is 1. The van der Waals surface area contributed by atoms with Crippen LogP contribution in [0.2, 0.25) is 5.15 Å². The number of aromatic nitrogens is 1. The highest BCUT2D eigenvalue weighted by atomic mass is 35.5. The standard InChI is InChI=1S/C20H26ClN3O4/c1-13(18(25)14-7-5-4-6-8-14)24(2)20(26)16(22)11-15-9-10-17(19(21)23-15)28-12-27-3/h4-10,13,16,18,25H,11-12,22H2,1-3H3/t13-,16+,18+/m0/s1. The molecule has 1 aromatic heterocycles. The van der Waals surface area contributed by atoms with E-state index >= 15 is 0 Å². The molecule has 0 radical (unpaired) electrons. The second-order valence-electron chi connectivity index (χ2n) is 6.50. The van der Waals surface area contributed by atoms with Crippen LogP contribution in [0.25, 0.3) is 0 Å². The van der Waals surface area contributed by atoms with Crippen LogP contribution >= 0.6 is 11.6 Å². The summed E-state index contributed by atoms with van der Waals surface area (Å²) in [4.78, 5) is 18.4. The fraction of sp³-hybridized carbons (Fsp3) is 0.400. The lowest BCUT2D eigenvalue weighted by Gasteiger charge is -2.31. The van der Waals surface area contributed by atoms with Gasteiger partial charge in [0.05, 0.1) is 18.2 Å². The van der Waals surface area contributed by atoms with Crippen LogP contribution < -0.4 is 10.5 Å². The molecule has 1 amide bonds. The molecule has 0 aliphatic rings. The number of hydrogen-bond donors (Lipinski definition) is 2. The Kier molecular flexibility index (Phi) is 8.19. The molecule has 7 nitrogen and oxygen atoms in total. The molecular formula is C20H26ClN3O4. The van der Waals surface area contributed by atoms with Crippen molar-refractivity contribution in [2.75, 3.05) is 21.0 Å². The van der Waals surface area contributed by atoms with Gasteiger partial charge in [0, 0.05) is 26.3 Å². The molecule has 0 spiro atoms. The zero-order valence-electron chi connectivity index (χ0n) is 16.2. The fourth-order valence-electron chi connectivity index (χ4n) is 2.72.